The normalized spacial score (nSPS) is 11.5. The van der Waals surface area contributed by atoms with Gasteiger partial charge in [-0.05, 0) is 62.6 Å². The first-order chi connectivity index (χ1) is 17.6. The maximum atomic E-state index is 12.2. The highest BCUT2D eigenvalue weighted by atomic mass is 16.7. The van der Waals surface area contributed by atoms with Gasteiger partial charge in [0, 0.05) is 24.1 Å². The van der Waals surface area contributed by atoms with Crippen molar-refractivity contribution in [2.45, 2.75) is 59.1 Å². The molecule has 0 aliphatic rings. The third-order valence-electron chi connectivity index (χ3n) is 5.94. The molecular formula is C30H33N3O4. The van der Waals surface area contributed by atoms with E-state index < -0.39 is 17.7 Å². The fraction of sp³-hybridized carbons (Fsp3) is 0.300. The van der Waals surface area contributed by atoms with Gasteiger partial charge in [-0.25, -0.2) is 9.78 Å². The molecule has 1 amide bonds. The molecule has 192 valence electrons. The Balaban J connectivity index is 1.62. The summed E-state index contributed by atoms with van der Waals surface area (Å²) in [6.07, 6.45) is 2.21. The molecule has 7 heteroatoms. The predicted molar refractivity (Wildman–Crippen MR) is 145 cm³/mol. The standard InChI is InChI=1S/C30H33N3O4/c1-5-6-11-27-32-24-17-16-22(28(31)34)18-25(24)33(27)19-20-12-14-21(15-13-20)23-9-7-8-10-26(23)36-29(35)37-30(2,3)4/h7-10,12-18H,5-6,11,19H2,1-4H3,(H2,31,34). The van der Waals surface area contributed by atoms with Crippen LogP contribution < -0.4 is 10.5 Å². The molecular weight excluding hydrogens is 466 g/mol. The number of benzene rings is 3. The van der Waals surface area contributed by atoms with Crippen molar-refractivity contribution in [2.75, 3.05) is 0 Å². The lowest BCUT2D eigenvalue weighted by molar-refractivity contribution is 0.0207. The number of para-hydroxylation sites is 1. The zero-order chi connectivity index (χ0) is 26.6. The average molecular weight is 500 g/mol. The van der Waals surface area contributed by atoms with Gasteiger partial charge in [-0.1, -0.05) is 55.8 Å². The monoisotopic (exact) mass is 499 g/mol. The smallest absolute Gasteiger partial charge is 0.428 e. The van der Waals surface area contributed by atoms with Gasteiger partial charge in [0.05, 0.1) is 11.0 Å². The molecule has 0 saturated carbocycles. The zero-order valence-electron chi connectivity index (χ0n) is 21.8. The van der Waals surface area contributed by atoms with E-state index in [1.807, 2.05) is 54.6 Å². The molecule has 4 aromatic rings. The molecule has 0 aliphatic heterocycles. The Hall–Kier alpha value is -4.13. The number of carbonyl (C=O) groups excluding carboxylic acids is 2. The first kappa shape index (κ1) is 25.9. The van der Waals surface area contributed by atoms with Crippen LogP contribution in [0.3, 0.4) is 0 Å². The van der Waals surface area contributed by atoms with Crippen LogP contribution in [0.15, 0.2) is 66.7 Å². The SMILES string of the molecule is CCCCc1nc2ccc(C(N)=O)cc2n1Cc1ccc(-c2ccccc2OC(=O)OC(C)(C)C)cc1. The van der Waals surface area contributed by atoms with Crippen molar-refractivity contribution in [3.63, 3.8) is 0 Å². The molecule has 0 saturated heterocycles. The first-order valence-corrected chi connectivity index (χ1v) is 12.5. The van der Waals surface area contributed by atoms with Crippen molar-refractivity contribution in [3.05, 3.63) is 83.7 Å². The Morgan fingerprint density at radius 2 is 1.73 bits per heavy atom. The molecule has 3 aromatic carbocycles. The highest BCUT2D eigenvalue weighted by Gasteiger charge is 2.19. The average Bonchev–Trinajstić information content (AvgIpc) is 3.18. The van der Waals surface area contributed by atoms with Gasteiger partial charge in [-0.15, -0.1) is 0 Å². The number of unbranched alkanes of at least 4 members (excludes halogenated alkanes) is 1. The van der Waals surface area contributed by atoms with Crippen LogP contribution in [0.1, 0.15) is 62.3 Å². The molecule has 0 bridgehead atoms. The van der Waals surface area contributed by atoms with E-state index in [1.165, 1.54) is 0 Å². The summed E-state index contributed by atoms with van der Waals surface area (Å²) < 4.78 is 13.0. The number of fused-ring (bicyclic) bond motifs is 1. The van der Waals surface area contributed by atoms with E-state index >= 15 is 0 Å². The summed E-state index contributed by atoms with van der Waals surface area (Å²) in [7, 11) is 0. The molecule has 0 radical (unpaired) electrons. The van der Waals surface area contributed by atoms with Crippen LogP contribution in [0.5, 0.6) is 5.75 Å². The second-order valence-electron chi connectivity index (χ2n) is 10.0. The third-order valence-corrected chi connectivity index (χ3v) is 5.94. The molecule has 0 spiro atoms. The number of primary amides is 1. The Morgan fingerprint density at radius 1 is 1.00 bits per heavy atom. The highest BCUT2D eigenvalue weighted by molar-refractivity contribution is 5.96. The largest absolute Gasteiger partial charge is 0.514 e. The molecule has 0 unspecified atom stereocenters. The first-order valence-electron chi connectivity index (χ1n) is 12.5. The van der Waals surface area contributed by atoms with Crippen LogP contribution in [0.2, 0.25) is 0 Å². The lowest BCUT2D eigenvalue weighted by atomic mass is 10.0. The van der Waals surface area contributed by atoms with Gasteiger partial charge in [-0.2, -0.15) is 0 Å². The summed E-state index contributed by atoms with van der Waals surface area (Å²) >= 11 is 0. The van der Waals surface area contributed by atoms with Crippen LogP contribution in [0, 0.1) is 0 Å². The summed E-state index contributed by atoms with van der Waals surface area (Å²) in [4.78, 5) is 28.8. The summed E-state index contributed by atoms with van der Waals surface area (Å²) in [5.74, 6) is 0.964. The number of hydrogen-bond donors (Lipinski definition) is 1. The maximum Gasteiger partial charge on any atom is 0.514 e. The maximum absolute atomic E-state index is 12.2. The van der Waals surface area contributed by atoms with Gasteiger partial charge < -0.3 is 19.8 Å². The van der Waals surface area contributed by atoms with Gasteiger partial charge >= 0.3 is 6.16 Å². The molecule has 7 nitrogen and oxygen atoms in total. The zero-order valence-corrected chi connectivity index (χ0v) is 21.8. The Bertz CT molecular complexity index is 1420. The minimum atomic E-state index is -0.738. The summed E-state index contributed by atoms with van der Waals surface area (Å²) in [5, 5.41) is 0. The number of aromatic nitrogens is 2. The number of nitrogens with zero attached hydrogens (tertiary/aromatic N) is 2. The second kappa shape index (κ2) is 10.9. The van der Waals surface area contributed by atoms with E-state index in [0.717, 1.165) is 52.8 Å². The molecule has 0 aliphatic carbocycles. The van der Waals surface area contributed by atoms with Crippen LogP contribution in [0.4, 0.5) is 4.79 Å². The molecule has 0 atom stereocenters. The number of nitrogens with two attached hydrogens (primary N) is 1. The van der Waals surface area contributed by atoms with Gasteiger partial charge in [-0.3, -0.25) is 4.79 Å². The summed E-state index contributed by atoms with van der Waals surface area (Å²) in [5.41, 5.74) is 9.89. The van der Waals surface area contributed by atoms with Crippen molar-refractivity contribution < 1.29 is 19.1 Å². The number of rotatable bonds is 8. The highest BCUT2D eigenvalue weighted by Crippen LogP contribution is 2.31. The Labute approximate surface area is 217 Å². The van der Waals surface area contributed by atoms with Crippen molar-refractivity contribution >= 4 is 23.1 Å². The van der Waals surface area contributed by atoms with Crippen molar-refractivity contribution in [1.29, 1.82) is 0 Å². The number of carbonyl (C=O) groups is 2. The van der Waals surface area contributed by atoms with E-state index in [1.54, 1.807) is 32.9 Å². The topological polar surface area (TPSA) is 96.4 Å². The number of amides is 1. The molecule has 2 N–H and O–H groups in total. The number of aryl methyl sites for hydroxylation is 1. The quantitative estimate of drug-likeness (QED) is 0.220. The molecule has 37 heavy (non-hydrogen) atoms. The molecule has 1 aromatic heterocycles. The second-order valence-corrected chi connectivity index (χ2v) is 10.0. The van der Waals surface area contributed by atoms with Crippen molar-refractivity contribution in [3.8, 4) is 16.9 Å². The molecule has 0 fully saturated rings. The van der Waals surface area contributed by atoms with Crippen LogP contribution in [-0.2, 0) is 17.7 Å². The Kier molecular flexibility index (Phi) is 7.62. The van der Waals surface area contributed by atoms with Gasteiger partial charge in [0.2, 0.25) is 5.91 Å². The number of imidazole rings is 1. The summed E-state index contributed by atoms with van der Waals surface area (Å²) in [6, 6.07) is 20.9. The van der Waals surface area contributed by atoms with Crippen LogP contribution in [-0.4, -0.2) is 27.2 Å². The number of ether oxygens (including phenoxy) is 2. The van der Waals surface area contributed by atoms with Crippen LogP contribution in [0.25, 0.3) is 22.2 Å². The van der Waals surface area contributed by atoms with E-state index in [9.17, 15) is 9.59 Å². The Morgan fingerprint density at radius 3 is 2.41 bits per heavy atom. The minimum absolute atomic E-state index is 0.436. The summed E-state index contributed by atoms with van der Waals surface area (Å²) in [6.45, 7) is 8.15. The van der Waals surface area contributed by atoms with Crippen LogP contribution >= 0.6 is 0 Å². The predicted octanol–water partition coefficient (Wildman–Crippen LogP) is 6.51. The molecule has 4 rings (SSSR count). The van der Waals surface area contributed by atoms with Gasteiger partial charge in [0.15, 0.2) is 0 Å². The van der Waals surface area contributed by atoms with Crippen molar-refractivity contribution in [2.24, 2.45) is 5.73 Å². The number of hydrogen-bond acceptors (Lipinski definition) is 5. The van der Waals surface area contributed by atoms with E-state index in [2.05, 4.69) is 11.5 Å². The van der Waals surface area contributed by atoms with E-state index in [0.29, 0.717) is 17.9 Å². The fourth-order valence-corrected chi connectivity index (χ4v) is 4.16. The van der Waals surface area contributed by atoms with E-state index in [4.69, 9.17) is 20.2 Å². The third kappa shape index (κ3) is 6.36. The van der Waals surface area contributed by atoms with E-state index in [-0.39, 0.29) is 0 Å². The molecule has 1 heterocycles. The van der Waals surface area contributed by atoms with Crippen molar-refractivity contribution in [1.82, 2.24) is 9.55 Å². The lowest BCUT2D eigenvalue weighted by Crippen LogP contribution is -2.26. The van der Waals surface area contributed by atoms with Gasteiger partial charge in [0.1, 0.15) is 17.2 Å². The minimum Gasteiger partial charge on any atom is -0.428 e. The lowest BCUT2D eigenvalue weighted by Gasteiger charge is -2.19. The van der Waals surface area contributed by atoms with Gasteiger partial charge in [0.25, 0.3) is 0 Å². The fourth-order valence-electron chi connectivity index (χ4n) is 4.16.